The minimum absolute atomic E-state index is 0.0313. The van der Waals surface area contributed by atoms with Crippen LogP contribution in [0, 0.1) is 13.8 Å². The van der Waals surface area contributed by atoms with Crippen molar-refractivity contribution in [2.75, 3.05) is 27.4 Å². The van der Waals surface area contributed by atoms with Gasteiger partial charge in [0.2, 0.25) is 11.2 Å². The average Bonchev–Trinajstić information content (AvgIpc) is 2.89. The maximum absolute atomic E-state index is 13.5. The van der Waals surface area contributed by atoms with Crippen LogP contribution >= 0.6 is 0 Å². The number of rotatable bonds is 9. The molecule has 4 rings (SSSR count). The van der Waals surface area contributed by atoms with E-state index in [9.17, 15) is 9.59 Å². The second-order valence-electron chi connectivity index (χ2n) is 8.47. The lowest BCUT2D eigenvalue weighted by Gasteiger charge is -2.14. The van der Waals surface area contributed by atoms with Gasteiger partial charge >= 0.3 is 0 Å². The Hall–Kier alpha value is -4.26. The van der Waals surface area contributed by atoms with E-state index in [1.807, 2.05) is 50.2 Å². The van der Waals surface area contributed by atoms with Crippen LogP contribution in [0.5, 0.6) is 17.2 Å². The van der Waals surface area contributed by atoms with Crippen LogP contribution < -0.4 is 25.0 Å². The molecule has 0 aliphatic rings. The van der Waals surface area contributed by atoms with Gasteiger partial charge in [0.25, 0.3) is 5.91 Å². The highest BCUT2D eigenvalue weighted by atomic mass is 16.5. The number of carbonyl (C=O) groups excluding carboxylic acids is 1. The van der Waals surface area contributed by atoms with Gasteiger partial charge in [-0.3, -0.25) is 9.59 Å². The first-order valence-electron chi connectivity index (χ1n) is 11.6. The molecule has 3 aromatic carbocycles. The molecule has 7 nitrogen and oxygen atoms in total. The number of nitrogens with one attached hydrogen (secondary N) is 1. The number of fused-ring (bicyclic) bond motifs is 1. The summed E-state index contributed by atoms with van der Waals surface area (Å²) in [5.41, 5.74) is 3.72. The molecule has 186 valence electrons. The first-order chi connectivity index (χ1) is 17.4. The fraction of sp³-hybridized carbons (Fsp3) is 0.241. The van der Waals surface area contributed by atoms with Crippen molar-refractivity contribution in [2.45, 2.75) is 20.3 Å². The van der Waals surface area contributed by atoms with E-state index < -0.39 is 0 Å². The normalized spacial score (nSPS) is 10.8. The Morgan fingerprint density at radius 3 is 2.36 bits per heavy atom. The largest absolute Gasteiger partial charge is 0.493 e. The number of ether oxygens (including phenoxy) is 3. The molecule has 0 bridgehead atoms. The zero-order valence-corrected chi connectivity index (χ0v) is 20.8. The summed E-state index contributed by atoms with van der Waals surface area (Å²) in [4.78, 5) is 26.0. The lowest BCUT2D eigenvalue weighted by molar-refractivity contribution is -0.123. The molecule has 0 saturated carbocycles. The van der Waals surface area contributed by atoms with Crippen molar-refractivity contribution in [3.63, 3.8) is 0 Å². The molecule has 0 unspecified atom stereocenters. The summed E-state index contributed by atoms with van der Waals surface area (Å²) >= 11 is 0. The molecule has 4 aromatic rings. The Morgan fingerprint density at radius 2 is 1.64 bits per heavy atom. The van der Waals surface area contributed by atoms with Crippen LogP contribution in [-0.2, 0) is 11.2 Å². The third-order valence-corrected chi connectivity index (χ3v) is 6.04. The molecule has 0 fully saturated rings. The molecule has 0 aliphatic carbocycles. The number of methoxy groups -OCH3 is 2. The topological polar surface area (TPSA) is 87.0 Å². The Bertz CT molecular complexity index is 1440. The predicted molar refractivity (Wildman–Crippen MR) is 139 cm³/mol. The SMILES string of the molecule is COc1ccc(-c2oc3cc(C)c(C)cc3c(=O)c2OCC(=O)NCCc2ccccc2)cc1OC. The van der Waals surface area contributed by atoms with E-state index in [0.29, 0.717) is 41.0 Å². The smallest absolute Gasteiger partial charge is 0.257 e. The quantitative estimate of drug-likeness (QED) is 0.364. The van der Waals surface area contributed by atoms with Crippen LogP contribution in [0.15, 0.2) is 69.9 Å². The van der Waals surface area contributed by atoms with E-state index in [0.717, 1.165) is 16.7 Å². The summed E-state index contributed by atoms with van der Waals surface area (Å²) in [7, 11) is 3.07. The summed E-state index contributed by atoms with van der Waals surface area (Å²) in [6, 6.07) is 18.7. The van der Waals surface area contributed by atoms with E-state index in [4.69, 9.17) is 18.6 Å². The minimum Gasteiger partial charge on any atom is -0.493 e. The van der Waals surface area contributed by atoms with Crippen molar-refractivity contribution in [2.24, 2.45) is 0 Å². The predicted octanol–water partition coefficient (Wildman–Crippen LogP) is 4.83. The molecule has 0 radical (unpaired) electrons. The fourth-order valence-corrected chi connectivity index (χ4v) is 3.91. The average molecular weight is 488 g/mol. The van der Waals surface area contributed by atoms with Crippen molar-refractivity contribution in [3.8, 4) is 28.6 Å². The molecule has 0 atom stereocenters. The highest BCUT2D eigenvalue weighted by Crippen LogP contribution is 2.37. The van der Waals surface area contributed by atoms with Crippen molar-refractivity contribution in [1.82, 2.24) is 5.32 Å². The van der Waals surface area contributed by atoms with Crippen molar-refractivity contribution >= 4 is 16.9 Å². The Labute approximate surface area is 209 Å². The molecule has 1 N–H and O–H groups in total. The first kappa shape index (κ1) is 24.9. The summed E-state index contributed by atoms with van der Waals surface area (Å²) in [6.45, 7) is 4.02. The zero-order valence-electron chi connectivity index (χ0n) is 20.8. The van der Waals surface area contributed by atoms with Gasteiger partial charge in [0.1, 0.15) is 5.58 Å². The Morgan fingerprint density at radius 1 is 0.917 bits per heavy atom. The molecule has 0 saturated heterocycles. The summed E-state index contributed by atoms with van der Waals surface area (Å²) < 4.78 is 22.7. The van der Waals surface area contributed by atoms with Crippen LogP contribution in [-0.4, -0.2) is 33.3 Å². The van der Waals surface area contributed by atoms with Crippen LogP contribution in [0.4, 0.5) is 0 Å². The maximum atomic E-state index is 13.5. The van der Waals surface area contributed by atoms with Gasteiger partial charge in [-0.15, -0.1) is 0 Å². The second-order valence-corrected chi connectivity index (χ2v) is 8.47. The second kappa shape index (κ2) is 11.0. The van der Waals surface area contributed by atoms with E-state index in [1.165, 1.54) is 7.11 Å². The van der Waals surface area contributed by atoms with Gasteiger partial charge in [-0.25, -0.2) is 0 Å². The van der Waals surface area contributed by atoms with E-state index in [2.05, 4.69) is 5.32 Å². The summed E-state index contributed by atoms with van der Waals surface area (Å²) in [5, 5.41) is 3.22. The van der Waals surface area contributed by atoms with Gasteiger partial charge in [0.05, 0.1) is 19.6 Å². The van der Waals surface area contributed by atoms with Gasteiger partial charge in [0, 0.05) is 12.1 Å². The summed E-state index contributed by atoms with van der Waals surface area (Å²) in [6.07, 6.45) is 0.695. The number of benzene rings is 3. The van der Waals surface area contributed by atoms with Crippen LogP contribution in [0.1, 0.15) is 16.7 Å². The van der Waals surface area contributed by atoms with Crippen molar-refractivity contribution in [3.05, 3.63) is 87.6 Å². The van der Waals surface area contributed by atoms with Crippen LogP contribution in [0.3, 0.4) is 0 Å². The highest BCUT2D eigenvalue weighted by molar-refractivity contribution is 5.84. The zero-order chi connectivity index (χ0) is 25.7. The molecule has 7 heteroatoms. The van der Waals surface area contributed by atoms with Gasteiger partial charge in [-0.1, -0.05) is 30.3 Å². The van der Waals surface area contributed by atoms with E-state index >= 15 is 0 Å². The monoisotopic (exact) mass is 487 g/mol. The Kier molecular flexibility index (Phi) is 7.59. The molecule has 1 heterocycles. The number of aryl methyl sites for hydroxylation is 2. The molecule has 0 aliphatic heterocycles. The first-order valence-corrected chi connectivity index (χ1v) is 11.6. The third kappa shape index (κ3) is 5.35. The number of carbonyl (C=O) groups is 1. The van der Waals surface area contributed by atoms with Crippen molar-refractivity contribution < 1.29 is 23.4 Å². The highest BCUT2D eigenvalue weighted by Gasteiger charge is 2.21. The Balaban J connectivity index is 1.65. The fourth-order valence-electron chi connectivity index (χ4n) is 3.91. The maximum Gasteiger partial charge on any atom is 0.257 e. The molecule has 36 heavy (non-hydrogen) atoms. The molecule has 0 spiro atoms. The minimum atomic E-state index is -0.346. The van der Waals surface area contributed by atoms with Gasteiger partial charge in [0.15, 0.2) is 23.9 Å². The number of hydrogen-bond acceptors (Lipinski definition) is 6. The molecule has 1 amide bonds. The number of hydrogen-bond donors (Lipinski definition) is 1. The lowest BCUT2D eigenvalue weighted by Crippen LogP contribution is -2.31. The van der Waals surface area contributed by atoms with Gasteiger partial charge in [-0.05, 0) is 67.3 Å². The summed E-state index contributed by atoms with van der Waals surface area (Å²) in [5.74, 6) is 0.868. The van der Waals surface area contributed by atoms with Crippen molar-refractivity contribution in [1.29, 1.82) is 0 Å². The van der Waals surface area contributed by atoms with Crippen LogP contribution in [0.25, 0.3) is 22.3 Å². The van der Waals surface area contributed by atoms with E-state index in [1.54, 1.807) is 31.4 Å². The van der Waals surface area contributed by atoms with Gasteiger partial charge < -0.3 is 23.9 Å². The molecule has 1 aromatic heterocycles. The number of amides is 1. The van der Waals surface area contributed by atoms with Crippen LogP contribution in [0.2, 0.25) is 0 Å². The third-order valence-electron chi connectivity index (χ3n) is 6.04. The lowest BCUT2D eigenvalue weighted by atomic mass is 10.0. The molecular weight excluding hydrogens is 458 g/mol. The van der Waals surface area contributed by atoms with Gasteiger partial charge in [-0.2, -0.15) is 0 Å². The standard InChI is InChI=1S/C29H29NO6/c1-18-14-22-24(15-19(18)2)36-28(21-10-11-23(33-3)25(16-21)34-4)29(27(22)32)35-17-26(31)30-13-12-20-8-6-5-7-9-20/h5-11,14-16H,12-13,17H2,1-4H3,(H,30,31). The molecular formula is C29H29NO6. The van der Waals surface area contributed by atoms with E-state index in [-0.39, 0.29) is 29.5 Å².